The van der Waals surface area contributed by atoms with Crippen molar-refractivity contribution in [3.63, 3.8) is 0 Å². The van der Waals surface area contributed by atoms with E-state index in [1.54, 1.807) is 17.2 Å². The van der Waals surface area contributed by atoms with Crippen LogP contribution in [0.5, 0.6) is 0 Å². The van der Waals surface area contributed by atoms with E-state index in [1.165, 1.54) is 10.7 Å². The number of pyridine rings is 1. The van der Waals surface area contributed by atoms with Crippen LogP contribution in [0.3, 0.4) is 0 Å². The second-order valence-corrected chi connectivity index (χ2v) is 9.68. The summed E-state index contributed by atoms with van der Waals surface area (Å²) in [6.07, 6.45) is 6.54. The second kappa shape index (κ2) is 8.46. The number of hydrogen-bond acceptors (Lipinski definition) is 5. The van der Waals surface area contributed by atoms with E-state index in [2.05, 4.69) is 34.9 Å². The number of aromatic nitrogens is 3. The average molecular weight is 444 g/mol. The summed E-state index contributed by atoms with van der Waals surface area (Å²) in [5, 5.41) is 4.55. The van der Waals surface area contributed by atoms with Crippen LogP contribution in [0.4, 0.5) is 11.5 Å². The fourth-order valence-corrected chi connectivity index (χ4v) is 4.76. The molecular weight excluding hydrogens is 414 g/mol. The van der Waals surface area contributed by atoms with E-state index in [0.717, 1.165) is 60.5 Å². The number of hydrogen-bond donors (Lipinski definition) is 0. The number of anilines is 2. The van der Waals surface area contributed by atoms with Gasteiger partial charge in [0.2, 0.25) is 5.91 Å². The molecule has 0 N–H and O–H groups in total. The van der Waals surface area contributed by atoms with Crippen LogP contribution in [0.1, 0.15) is 32.3 Å². The lowest BCUT2D eigenvalue weighted by Gasteiger charge is -2.37. The van der Waals surface area contributed by atoms with Gasteiger partial charge in [0.25, 0.3) is 5.56 Å². The second-order valence-electron chi connectivity index (χ2n) is 9.68. The van der Waals surface area contributed by atoms with Crippen molar-refractivity contribution in [1.82, 2.24) is 14.8 Å². The van der Waals surface area contributed by atoms with Crippen LogP contribution in [0.15, 0.2) is 59.7 Å². The number of carbonyl (C=O) groups excluding carboxylic acids is 1. The van der Waals surface area contributed by atoms with E-state index in [1.807, 2.05) is 30.5 Å². The Hall–Kier alpha value is -3.48. The molecule has 0 aliphatic carbocycles. The van der Waals surface area contributed by atoms with E-state index in [9.17, 15) is 9.59 Å². The van der Waals surface area contributed by atoms with Crippen LogP contribution in [-0.2, 0) is 17.8 Å². The number of amides is 1. The fraction of sp³-hybridized carbons (Fsp3) is 0.385. The van der Waals surface area contributed by atoms with Crippen molar-refractivity contribution in [2.24, 2.45) is 5.41 Å². The Morgan fingerprint density at radius 1 is 1.03 bits per heavy atom. The largest absolute Gasteiger partial charge is 0.355 e. The third kappa shape index (κ3) is 4.27. The van der Waals surface area contributed by atoms with E-state index in [4.69, 9.17) is 0 Å². The highest BCUT2D eigenvalue weighted by Crippen LogP contribution is 2.36. The minimum atomic E-state index is -0.257. The summed E-state index contributed by atoms with van der Waals surface area (Å²) in [7, 11) is 0. The Morgan fingerprint density at radius 2 is 1.85 bits per heavy atom. The summed E-state index contributed by atoms with van der Waals surface area (Å²) in [5.41, 5.74) is 4.26. The monoisotopic (exact) mass is 443 g/mol. The van der Waals surface area contributed by atoms with Gasteiger partial charge in [-0.2, -0.15) is 5.10 Å². The first-order valence-electron chi connectivity index (χ1n) is 11.6. The van der Waals surface area contributed by atoms with Crippen molar-refractivity contribution < 1.29 is 4.79 Å². The molecule has 1 aromatic carbocycles. The molecule has 33 heavy (non-hydrogen) atoms. The van der Waals surface area contributed by atoms with Gasteiger partial charge in [-0.1, -0.05) is 32.0 Å². The number of piperidine rings is 1. The molecule has 1 fully saturated rings. The maximum absolute atomic E-state index is 13.3. The Morgan fingerprint density at radius 3 is 2.61 bits per heavy atom. The summed E-state index contributed by atoms with van der Waals surface area (Å²) in [6, 6.07) is 13.3. The predicted octanol–water partition coefficient (Wildman–Crippen LogP) is 3.52. The van der Waals surface area contributed by atoms with Crippen LogP contribution < -0.4 is 15.4 Å². The van der Waals surface area contributed by atoms with Gasteiger partial charge in [-0.15, -0.1) is 0 Å². The minimum Gasteiger partial charge on any atom is -0.355 e. The molecule has 4 heterocycles. The maximum Gasteiger partial charge on any atom is 0.267 e. The molecule has 7 heteroatoms. The van der Waals surface area contributed by atoms with Gasteiger partial charge in [-0.3, -0.25) is 14.6 Å². The molecule has 170 valence electrons. The summed E-state index contributed by atoms with van der Waals surface area (Å²) < 4.78 is 1.31. The highest BCUT2D eigenvalue weighted by atomic mass is 16.2. The molecule has 0 radical (unpaired) electrons. The first-order chi connectivity index (χ1) is 15.9. The van der Waals surface area contributed by atoms with Crippen molar-refractivity contribution in [3.8, 4) is 11.1 Å². The van der Waals surface area contributed by atoms with Gasteiger partial charge >= 0.3 is 0 Å². The van der Waals surface area contributed by atoms with Crippen molar-refractivity contribution in [3.05, 3.63) is 70.8 Å². The smallest absolute Gasteiger partial charge is 0.267 e. The SMILES string of the molecule is CC1(C)CCN(c2ccc(=O)n(CC(=O)N3CCc4c(-c5cccnc5)cccc43)n2)CC1. The summed E-state index contributed by atoms with van der Waals surface area (Å²) in [6.45, 7) is 6.91. The van der Waals surface area contributed by atoms with Gasteiger partial charge in [0.15, 0.2) is 0 Å². The molecule has 0 saturated carbocycles. The first-order valence-corrected chi connectivity index (χ1v) is 11.6. The topological polar surface area (TPSA) is 71.3 Å². The van der Waals surface area contributed by atoms with E-state index >= 15 is 0 Å². The normalized spacial score (nSPS) is 17.2. The van der Waals surface area contributed by atoms with E-state index in [-0.39, 0.29) is 18.0 Å². The van der Waals surface area contributed by atoms with Crippen molar-refractivity contribution in [2.45, 2.75) is 39.7 Å². The molecule has 2 aliphatic heterocycles. The standard InChI is InChI=1S/C26H29N5O2/c1-26(2)11-15-29(16-12-26)23-8-9-24(32)31(28-23)18-25(33)30-14-10-21-20(6-3-7-22(21)30)19-5-4-13-27-17-19/h3-9,13,17H,10-12,14-16,18H2,1-2H3. The molecule has 2 aliphatic rings. The molecule has 0 spiro atoms. The van der Waals surface area contributed by atoms with Gasteiger partial charge in [0, 0.05) is 49.3 Å². The lowest BCUT2D eigenvalue weighted by molar-refractivity contribution is -0.119. The molecule has 1 amide bonds. The van der Waals surface area contributed by atoms with Crippen molar-refractivity contribution in [1.29, 1.82) is 0 Å². The molecule has 0 atom stereocenters. The number of nitrogens with zero attached hydrogens (tertiary/aromatic N) is 5. The Balaban J connectivity index is 1.36. The molecule has 1 saturated heterocycles. The molecule has 5 rings (SSSR count). The van der Waals surface area contributed by atoms with Crippen LogP contribution >= 0.6 is 0 Å². The molecular formula is C26H29N5O2. The number of rotatable bonds is 4. The third-order valence-corrected chi connectivity index (χ3v) is 6.88. The van der Waals surface area contributed by atoms with Gasteiger partial charge in [-0.05, 0) is 54.0 Å². The highest BCUT2D eigenvalue weighted by molar-refractivity contribution is 5.96. The van der Waals surface area contributed by atoms with Gasteiger partial charge in [0.1, 0.15) is 12.4 Å². The number of fused-ring (bicyclic) bond motifs is 1. The van der Waals surface area contributed by atoms with Crippen molar-refractivity contribution in [2.75, 3.05) is 29.4 Å². The maximum atomic E-state index is 13.3. The van der Waals surface area contributed by atoms with Crippen molar-refractivity contribution >= 4 is 17.4 Å². The zero-order valence-electron chi connectivity index (χ0n) is 19.2. The fourth-order valence-electron chi connectivity index (χ4n) is 4.76. The highest BCUT2D eigenvalue weighted by Gasteiger charge is 2.28. The molecule has 0 bridgehead atoms. The molecule has 0 unspecified atom stereocenters. The van der Waals surface area contributed by atoms with Crippen LogP contribution in [0.2, 0.25) is 0 Å². The number of benzene rings is 1. The molecule has 2 aromatic heterocycles. The van der Waals surface area contributed by atoms with Gasteiger partial charge in [0.05, 0.1) is 0 Å². The quantitative estimate of drug-likeness (QED) is 0.617. The molecule has 7 nitrogen and oxygen atoms in total. The molecule has 3 aromatic rings. The van der Waals surface area contributed by atoms with Crippen LogP contribution in [0.25, 0.3) is 11.1 Å². The van der Waals surface area contributed by atoms with E-state index < -0.39 is 0 Å². The summed E-state index contributed by atoms with van der Waals surface area (Å²) in [4.78, 5) is 34.0. The summed E-state index contributed by atoms with van der Waals surface area (Å²) in [5.74, 6) is 0.641. The van der Waals surface area contributed by atoms with Gasteiger partial charge < -0.3 is 9.80 Å². The zero-order valence-corrected chi connectivity index (χ0v) is 19.2. The minimum absolute atomic E-state index is 0.0669. The first kappa shape index (κ1) is 21.4. The lowest BCUT2D eigenvalue weighted by Crippen LogP contribution is -2.40. The third-order valence-electron chi connectivity index (χ3n) is 6.88. The van der Waals surface area contributed by atoms with Gasteiger partial charge in [-0.25, -0.2) is 4.68 Å². The summed E-state index contributed by atoms with van der Waals surface area (Å²) >= 11 is 0. The average Bonchev–Trinajstić information content (AvgIpc) is 3.26. The van der Waals surface area contributed by atoms with Crippen LogP contribution in [0, 0.1) is 5.41 Å². The predicted molar refractivity (Wildman–Crippen MR) is 129 cm³/mol. The Kier molecular flexibility index (Phi) is 5.48. The Labute approximate surface area is 193 Å². The lowest BCUT2D eigenvalue weighted by atomic mass is 9.83. The van der Waals surface area contributed by atoms with E-state index in [0.29, 0.717) is 12.0 Å². The number of carbonyl (C=O) groups is 1. The zero-order chi connectivity index (χ0) is 23.0. The Bertz CT molecular complexity index is 1220. The van der Waals surface area contributed by atoms with Crippen LogP contribution in [-0.4, -0.2) is 40.3 Å².